The van der Waals surface area contributed by atoms with Crippen molar-refractivity contribution >= 4 is 5.84 Å². The Kier molecular flexibility index (Phi) is 10.7. The fourth-order valence-corrected chi connectivity index (χ4v) is 5.30. The predicted molar refractivity (Wildman–Crippen MR) is 113 cm³/mol. The second kappa shape index (κ2) is 12.8. The molecule has 1 fully saturated rings. The van der Waals surface area contributed by atoms with Gasteiger partial charge in [-0.05, 0) is 31.6 Å². The molecule has 0 aromatic rings. The molecule has 2 atom stereocenters. The summed E-state index contributed by atoms with van der Waals surface area (Å²) in [4.78, 5) is 4.79. The van der Waals surface area contributed by atoms with E-state index in [1.54, 1.807) is 0 Å². The van der Waals surface area contributed by atoms with Gasteiger partial charge >= 0.3 is 0 Å². The van der Waals surface area contributed by atoms with E-state index in [1.165, 1.54) is 102 Å². The highest BCUT2D eigenvalue weighted by Gasteiger charge is 2.44. The number of hydrogen-bond acceptors (Lipinski definition) is 3. The molecule has 3 nitrogen and oxygen atoms in total. The van der Waals surface area contributed by atoms with Crippen LogP contribution < -0.4 is 5.32 Å². The van der Waals surface area contributed by atoms with Gasteiger partial charge in [-0.1, -0.05) is 84.0 Å². The van der Waals surface area contributed by atoms with Crippen LogP contribution in [0.2, 0.25) is 0 Å². The van der Waals surface area contributed by atoms with Gasteiger partial charge in [0.15, 0.2) is 0 Å². The van der Waals surface area contributed by atoms with Crippen molar-refractivity contribution in [1.82, 2.24) is 5.32 Å². The third-order valence-electron chi connectivity index (χ3n) is 6.82. The highest BCUT2D eigenvalue weighted by Crippen LogP contribution is 2.47. The van der Waals surface area contributed by atoms with Gasteiger partial charge in [0.2, 0.25) is 0 Å². The Morgan fingerprint density at radius 1 is 1.00 bits per heavy atom. The minimum Gasteiger partial charge on any atom is -0.396 e. The van der Waals surface area contributed by atoms with Crippen molar-refractivity contribution in [2.45, 2.75) is 110 Å². The maximum atomic E-state index is 9.73. The fraction of sp³-hybridized carbons (Fsp3) is 0.957. The molecule has 1 heterocycles. The van der Waals surface area contributed by atoms with Crippen LogP contribution in [0.5, 0.6) is 0 Å². The van der Waals surface area contributed by atoms with Crippen LogP contribution in [0.3, 0.4) is 0 Å². The molecule has 2 unspecified atom stereocenters. The van der Waals surface area contributed by atoms with Crippen LogP contribution in [0.15, 0.2) is 4.99 Å². The second-order valence-electron chi connectivity index (χ2n) is 8.70. The molecule has 0 amide bonds. The Morgan fingerprint density at radius 3 is 2.31 bits per heavy atom. The van der Waals surface area contributed by atoms with Crippen LogP contribution in [0, 0.1) is 11.3 Å². The number of hydrogen-bond donors (Lipinski definition) is 2. The molecule has 0 saturated heterocycles. The second-order valence-corrected chi connectivity index (χ2v) is 8.70. The van der Waals surface area contributed by atoms with Crippen LogP contribution in [0.1, 0.15) is 110 Å². The average Bonchev–Trinajstić information content (AvgIpc) is 3.20. The van der Waals surface area contributed by atoms with Gasteiger partial charge in [-0.25, -0.2) is 0 Å². The first-order valence-electron chi connectivity index (χ1n) is 11.7. The van der Waals surface area contributed by atoms with Crippen molar-refractivity contribution < 1.29 is 5.11 Å². The highest BCUT2D eigenvalue weighted by molar-refractivity contribution is 5.89. The van der Waals surface area contributed by atoms with Gasteiger partial charge in [0.25, 0.3) is 0 Å². The normalized spacial score (nSPS) is 25.9. The van der Waals surface area contributed by atoms with Gasteiger partial charge in [-0.15, -0.1) is 0 Å². The molecule has 26 heavy (non-hydrogen) atoms. The molecule has 0 aromatic heterocycles. The summed E-state index contributed by atoms with van der Waals surface area (Å²) in [6, 6.07) is 0. The maximum absolute atomic E-state index is 9.73. The van der Waals surface area contributed by atoms with Crippen molar-refractivity contribution in [1.29, 1.82) is 0 Å². The van der Waals surface area contributed by atoms with E-state index in [2.05, 4.69) is 12.2 Å². The minimum absolute atomic E-state index is 0.156. The summed E-state index contributed by atoms with van der Waals surface area (Å²) in [5, 5.41) is 13.3. The first-order chi connectivity index (χ1) is 12.8. The molecule has 2 aliphatic rings. The molecule has 2 rings (SSSR count). The van der Waals surface area contributed by atoms with E-state index in [9.17, 15) is 5.11 Å². The number of unbranched alkanes of at least 4 members (excludes halogenated alkanes) is 9. The molecule has 0 radical (unpaired) electrons. The molecular weight excluding hydrogens is 320 g/mol. The van der Waals surface area contributed by atoms with Crippen LogP contribution in [0.4, 0.5) is 0 Å². The summed E-state index contributed by atoms with van der Waals surface area (Å²) in [6.45, 7) is 4.51. The van der Waals surface area contributed by atoms with Gasteiger partial charge in [-0.3, -0.25) is 4.99 Å². The Balaban J connectivity index is 1.67. The van der Waals surface area contributed by atoms with E-state index in [-0.39, 0.29) is 5.41 Å². The lowest BCUT2D eigenvalue weighted by Crippen LogP contribution is -2.46. The quantitative estimate of drug-likeness (QED) is 0.379. The van der Waals surface area contributed by atoms with Gasteiger partial charge in [0.05, 0.1) is 6.54 Å². The van der Waals surface area contributed by atoms with E-state index in [0.717, 1.165) is 25.4 Å². The Hall–Kier alpha value is -0.570. The number of aliphatic imine (C=N–C) groups is 1. The van der Waals surface area contributed by atoms with Crippen molar-refractivity contribution in [2.24, 2.45) is 16.3 Å². The van der Waals surface area contributed by atoms with Gasteiger partial charge in [0.1, 0.15) is 5.84 Å². The Bertz CT molecular complexity index is 392. The lowest BCUT2D eigenvalue weighted by Gasteiger charge is -2.44. The standard InChI is InChI=1S/C23H44N2O/c1-2-3-4-5-6-7-8-9-10-11-14-21-15-12-13-16-23(21,17-20-26)22-24-18-19-25-22/h21,26H,2-20H2,1H3,(H,24,25). The molecule has 1 aliphatic carbocycles. The third kappa shape index (κ3) is 6.55. The lowest BCUT2D eigenvalue weighted by molar-refractivity contribution is 0.114. The number of nitrogens with one attached hydrogen (secondary N) is 1. The lowest BCUT2D eigenvalue weighted by atomic mass is 9.62. The third-order valence-corrected chi connectivity index (χ3v) is 6.82. The summed E-state index contributed by atoms with van der Waals surface area (Å²) in [5.41, 5.74) is 0.156. The largest absolute Gasteiger partial charge is 0.396 e. The monoisotopic (exact) mass is 364 g/mol. The first-order valence-corrected chi connectivity index (χ1v) is 11.7. The molecule has 0 aromatic carbocycles. The number of aliphatic hydroxyl groups is 1. The fourth-order valence-electron chi connectivity index (χ4n) is 5.30. The molecule has 1 aliphatic heterocycles. The Labute approximate surface area is 162 Å². The maximum Gasteiger partial charge on any atom is 0.103 e. The summed E-state index contributed by atoms with van der Waals surface area (Å²) in [5.74, 6) is 1.96. The highest BCUT2D eigenvalue weighted by atomic mass is 16.3. The van der Waals surface area contributed by atoms with Crippen LogP contribution >= 0.6 is 0 Å². The van der Waals surface area contributed by atoms with E-state index >= 15 is 0 Å². The van der Waals surface area contributed by atoms with Gasteiger partial charge < -0.3 is 10.4 Å². The number of aliphatic hydroxyl groups excluding tert-OH is 1. The topological polar surface area (TPSA) is 44.6 Å². The van der Waals surface area contributed by atoms with Crippen molar-refractivity contribution in [3.63, 3.8) is 0 Å². The molecule has 2 N–H and O–H groups in total. The van der Waals surface area contributed by atoms with E-state index in [0.29, 0.717) is 6.61 Å². The number of amidine groups is 1. The van der Waals surface area contributed by atoms with Crippen molar-refractivity contribution in [2.75, 3.05) is 19.7 Å². The van der Waals surface area contributed by atoms with Crippen LogP contribution in [0.25, 0.3) is 0 Å². The smallest absolute Gasteiger partial charge is 0.103 e. The van der Waals surface area contributed by atoms with E-state index < -0.39 is 0 Å². The molecule has 3 heteroatoms. The molecule has 152 valence electrons. The SMILES string of the molecule is CCCCCCCCCCCCC1CCCCC1(CCO)C1=NCCN1. The molecule has 0 spiro atoms. The summed E-state index contributed by atoms with van der Waals surface area (Å²) in [7, 11) is 0. The minimum atomic E-state index is 0.156. The van der Waals surface area contributed by atoms with Crippen LogP contribution in [-0.4, -0.2) is 30.6 Å². The average molecular weight is 365 g/mol. The van der Waals surface area contributed by atoms with E-state index in [1.807, 2.05) is 0 Å². The first kappa shape index (κ1) is 21.7. The predicted octanol–water partition coefficient (Wildman–Crippen LogP) is 5.86. The zero-order valence-corrected chi connectivity index (χ0v) is 17.4. The molecule has 1 saturated carbocycles. The van der Waals surface area contributed by atoms with Crippen molar-refractivity contribution in [3.8, 4) is 0 Å². The zero-order chi connectivity index (χ0) is 18.5. The summed E-state index contributed by atoms with van der Waals surface area (Å²) in [6.07, 6.45) is 21.5. The number of rotatable bonds is 14. The van der Waals surface area contributed by atoms with Crippen LogP contribution in [-0.2, 0) is 0 Å². The molecule has 0 bridgehead atoms. The number of nitrogens with zero attached hydrogens (tertiary/aromatic N) is 1. The zero-order valence-electron chi connectivity index (χ0n) is 17.4. The Morgan fingerprint density at radius 2 is 1.69 bits per heavy atom. The van der Waals surface area contributed by atoms with E-state index in [4.69, 9.17) is 4.99 Å². The summed E-state index contributed by atoms with van der Waals surface area (Å²) < 4.78 is 0. The summed E-state index contributed by atoms with van der Waals surface area (Å²) >= 11 is 0. The van der Waals surface area contributed by atoms with Gasteiger partial charge in [0, 0.05) is 18.6 Å². The van der Waals surface area contributed by atoms with Crippen molar-refractivity contribution in [3.05, 3.63) is 0 Å². The van der Waals surface area contributed by atoms with Gasteiger partial charge in [-0.2, -0.15) is 0 Å². The molecular formula is C23H44N2O.